The van der Waals surface area contributed by atoms with Crippen LogP contribution in [-0.4, -0.2) is 10.5 Å². The molecule has 0 bridgehead atoms. The minimum atomic E-state index is -0.459. The molecule has 0 spiro atoms. The number of amides is 1. The van der Waals surface area contributed by atoms with E-state index in [1.807, 2.05) is 54.7 Å². The van der Waals surface area contributed by atoms with Crippen LogP contribution in [0.4, 0.5) is 5.69 Å². The minimum Gasteiger partial charge on any atom is -0.342 e. The van der Waals surface area contributed by atoms with Crippen molar-refractivity contribution < 1.29 is 4.79 Å². The summed E-state index contributed by atoms with van der Waals surface area (Å²) in [5, 5.41) is 13.9. The highest BCUT2D eigenvalue weighted by atomic mass is 35.5. The van der Waals surface area contributed by atoms with Gasteiger partial charge in [0.2, 0.25) is 0 Å². The molecule has 1 amide bonds. The molecule has 4 nitrogen and oxygen atoms in total. The lowest BCUT2D eigenvalue weighted by molar-refractivity contribution is -0.112. The second-order valence-corrected chi connectivity index (χ2v) is 7.28. The molecule has 4 aromatic rings. The Balaban J connectivity index is 1.67. The highest BCUT2D eigenvalue weighted by molar-refractivity contribution is 6.30. The van der Waals surface area contributed by atoms with Gasteiger partial charge in [-0.15, -0.1) is 0 Å². The quantitative estimate of drug-likeness (QED) is 0.329. The van der Waals surface area contributed by atoms with Gasteiger partial charge >= 0.3 is 0 Å². The number of nitrogens with one attached hydrogen (secondary N) is 1. The number of para-hydroxylation sites is 1. The Morgan fingerprint density at radius 2 is 1.70 bits per heavy atom. The van der Waals surface area contributed by atoms with Crippen LogP contribution in [0.25, 0.3) is 17.0 Å². The fourth-order valence-electron chi connectivity index (χ4n) is 3.34. The fourth-order valence-corrected chi connectivity index (χ4v) is 3.46. The molecule has 1 N–H and O–H groups in total. The van der Waals surface area contributed by atoms with Crippen molar-refractivity contribution in [3.63, 3.8) is 0 Å². The van der Waals surface area contributed by atoms with E-state index < -0.39 is 5.91 Å². The topological polar surface area (TPSA) is 57.8 Å². The van der Waals surface area contributed by atoms with E-state index in [0.717, 1.165) is 16.5 Å². The van der Waals surface area contributed by atoms with Crippen LogP contribution in [-0.2, 0) is 11.3 Å². The first kappa shape index (κ1) is 19.5. The van der Waals surface area contributed by atoms with Crippen molar-refractivity contribution in [2.75, 3.05) is 5.32 Å². The number of benzene rings is 3. The third-order valence-corrected chi connectivity index (χ3v) is 5.03. The summed E-state index contributed by atoms with van der Waals surface area (Å²) in [5.74, 6) is -0.459. The van der Waals surface area contributed by atoms with Crippen LogP contribution in [0, 0.1) is 11.3 Å². The monoisotopic (exact) mass is 411 g/mol. The van der Waals surface area contributed by atoms with E-state index in [1.165, 1.54) is 5.56 Å². The van der Waals surface area contributed by atoms with Gasteiger partial charge in [0.1, 0.15) is 11.6 Å². The second-order valence-electron chi connectivity index (χ2n) is 6.85. The first-order valence-corrected chi connectivity index (χ1v) is 9.82. The van der Waals surface area contributed by atoms with Crippen molar-refractivity contribution in [3.05, 3.63) is 107 Å². The van der Waals surface area contributed by atoms with Gasteiger partial charge in [0.15, 0.2) is 0 Å². The van der Waals surface area contributed by atoms with Crippen molar-refractivity contribution in [1.82, 2.24) is 4.57 Å². The van der Waals surface area contributed by atoms with Gasteiger partial charge in [-0.2, -0.15) is 5.26 Å². The Morgan fingerprint density at radius 3 is 2.43 bits per heavy atom. The van der Waals surface area contributed by atoms with E-state index in [1.54, 1.807) is 30.3 Å². The molecule has 0 saturated carbocycles. The van der Waals surface area contributed by atoms with Crippen molar-refractivity contribution in [2.24, 2.45) is 0 Å². The van der Waals surface area contributed by atoms with Crippen molar-refractivity contribution >= 4 is 40.2 Å². The van der Waals surface area contributed by atoms with Gasteiger partial charge in [-0.1, -0.05) is 60.1 Å². The molecule has 0 atom stereocenters. The minimum absolute atomic E-state index is 0.0348. The van der Waals surface area contributed by atoms with Crippen LogP contribution in [0.1, 0.15) is 11.1 Å². The predicted molar refractivity (Wildman–Crippen MR) is 121 cm³/mol. The summed E-state index contributed by atoms with van der Waals surface area (Å²) < 4.78 is 2.13. The van der Waals surface area contributed by atoms with Crippen LogP contribution in [0.2, 0.25) is 5.02 Å². The molecule has 0 unspecified atom stereocenters. The molecule has 0 aliphatic carbocycles. The van der Waals surface area contributed by atoms with E-state index in [-0.39, 0.29) is 5.57 Å². The lowest BCUT2D eigenvalue weighted by atomic mass is 10.1. The number of halogens is 1. The van der Waals surface area contributed by atoms with E-state index in [0.29, 0.717) is 17.3 Å². The van der Waals surface area contributed by atoms with Gasteiger partial charge in [-0.3, -0.25) is 4.79 Å². The Morgan fingerprint density at radius 1 is 1.00 bits per heavy atom. The summed E-state index contributed by atoms with van der Waals surface area (Å²) in [7, 11) is 0. The Kier molecular flexibility index (Phi) is 5.65. The van der Waals surface area contributed by atoms with Crippen LogP contribution in [0.15, 0.2) is 90.6 Å². The Bertz CT molecular complexity index is 1270. The molecule has 0 aliphatic heterocycles. The Hall–Kier alpha value is -3.81. The van der Waals surface area contributed by atoms with Crippen molar-refractivity contribution in [3.8, 4) is 6.07 Å². The number of carbonyl (C=O) groups excluding carboxylic acids is 1. The van der Waals surface area contributed by atoms with Gasteiger partial charge in [-0.05, 0) is 42.0 Å². The summed E-state index contributed by atoms with van der Waals surface area (Å²) in [6.07, 6.45) is 3.61. The Labute approximate surface area is 179 Å². The first-order chi connectivity index (χ1) is 14.6. The molecule has 0 aliphatic rings. The molecular formula is C25H18ClN3O. The molecule has 5 heteroatoms. The summed E-state index contributed by atoms with van der Waals surface area (Å²) >= 11 is 5.88. The number of anilines is 1. The largest absolute Gasteiger partial charge is 0.342 e. The summed E-state index contributed by atoms with van der Waals surface area (Å²) in [6.45, 7) is 0.702. The zero-order chi connectivity index (χ0) is 20.9. The SMILES string of the molecule is N#C/C(=C\c1cn(Cc2ccccc2)c2ccccc12)C(=O)Nc1ccc(Cl)cc1. The second kappa shape index (κ2) is 8.69. The van der Waals surface area contributed by atoms with E-state index in [9.17, 15) is 10.1 Å². The van der Waals surface area contributed by atoms with Gasteiger partial charge in [0, 0.05) is 39.9 Å². The van der Waals surface area contributed by atoms with Crippen LogP contribution in [0.5, 0.6) is 0 Å². The summed E-state index contributed by atoms with van der Waals surface area (Å²) in [6, 6.07) is 26.9. The molecule has 1 aromatic heterocycles. The molecule has 146 valence electrons. The highest BCUT2D eigenvalue weighted by Gasteiger charge is 2.13. The average Bonchev–Trinajstić information content (AvgIpc) is 3.11. The van der Waals surface area contributed by atoms with E-state index >= 15 is 0 Å². The highest BCUT2D eigenvalue weighted by Crippen LogP contribution is 2.25. The van der Waals surface area contributed by atoms with E-state index in [2.05, 4.69) is 22.0 Å². The zero-order valence-corrected chi connectivity index (χ0v) is 16.8. The first-order valence-electron chi connectivity index (χ1n) is 9.44. The standard InChI is InChI=1S/C25H18ClN3O/c26-21-10-12-22(13-11-21)28-25(30)19(15-27)14-20-17-29(16-18-6-2-1-3-7-18)24-9-5-4-8-23(20)24/h1-14,17H,16H2,(H,28,30)/b19-14+. The predicted octanol–water partition coefficient (Wildman–Crippen LogP) is 5.89. The van der Waals surface area contributed by atoms with Gasteiger partial charge in [0.25, 0.3) is 5.91 Å². The third kappa shape index (κ3) is 4.27. The van der Waals surface area contributed by atoms with Crippen LogP contribution < -0.4 is 5.32 Å². The lowest BCUT2D eigenvalue weighted by Crippen LogP contribution is -2.13. The number of nitrogens with zero attached hydrogens (tertiary/aromatic N) is 2. The number of aromatic nitrogens is 1. The van der Waals surface area contributed by atoms with E-state index in [4.69, 9.17) is 11.6 Å². The van der Waals surface area contributed by atoms with Crippen LogP contribution >= 0.6 is 11.6 Å². The van der Waals surface area contributed by atoms with Gasteiger partial charge in [0.05, 0.1) is 0 Å². The maximum absolute atomic E-state index is 12.6. The smallest absolute Gasteiger partial charge is 0.266 e. The maximum Gasteiger partial charge on any atom is 0.266 e. The van der Waals surface area contributed by atoms with Gasteiger partial charge < -0.3 is 9.88 Å². The summed E-state index contributed by atoms with van der Waals surface area (Å²) in [4.78, 5) is 12.6. The number of rotatable bonds is 5. The summed E-state index contributed by atoms with van der Waals surface area (Å²) in [5.41, 5.74) is 3.66. The maximum atomic E-state index is 12.6. The number of nitriles is 1. The van der Waals surface area contributed by atoms with Crippen molar-refractivity contribution in [2.45, 2.75) is 6.54 Å². The molecule has 0 saturated heterocycles. The fraction of sp³-hybridized carbons (Fsp3) is 0.0400. The van der Waals surface area contributed by atoms with Crippen molar-refractivity contribution in [1.29, 1.82) is 5.26 Å². The zero-order valence-electron chi connectivity index (χ0n) is 16.0. The molecule has 0 fully saturated rings. The number of hydrogen-bond acceptors (Lipinski definition) is 2. The molecule has 0 radical (unpaired) electrons. The van der Waals surface area contributed by atoms with Gasteiger partial charge in [-0.25, -0.2) is 0 Å². The number of carbonyl (C=O) groups is 1. The molecular weight excluding hydrogens is 394 g/mol. The lowest BCUT2D eigenvalue weighted by Gasteiger charge is -2.05. The normalized spacial score (nSPS) is 11.3. The van der Waals surface area contributed by atoms with Crippen LogP contribution in [0.3, 0.4) is 0 Å². The average molecular weight is 412 g/mol. The molecule has 3 aromatic carbocycles. The molecule has 1 heterocycles. The third-order valence-electron chi connectivity index (χ3n) is 4.78. The number of hydrogen-bond donors (Lipinski definition) is 1. The molecule has 30 heavy (non-hydrogen) atoms. The number of fused-ring (bicyclic) bond motifs is 1. The molecule has 4 rings (SSSR count).